The molecule has 26 heavy (non-hydrogen) atoms. The maximum atomic E-state index is 12.3. The van der Waals surface area contributed by atoms with Crippen molar-refractivity contribution in [2.75, 3.05) is 14.2 Å². The zero-order chi connectivity index (χ0) is 18.7. The highest BCUT2D eigenvalue weighted by molar-refractivity contribution is 5.89. The SMILES string of the molecule is COc1ccc(OC)c(COC(=O)c2cc(=O)c3cc(C)ccc3o2)c1. The lowest BCUT2D eigenvalue weighted by atomic mass is 10.1. The quantitative estimate of drug-likeness (QED) is 0.653. The van der Waals surface area contributed by atoms with E-state index >= 15 is 0 Å². The Morgan fingerprint density at radius 3 is 2.58 bits per heavy atom. The molecule has 1 aromatic heterocycles. The fourth-order valence-corrected chi connectivity index (χ4v) is 2.58. The second-order valence-corrected chi connectivity index (χ2v) is 5.73. The van der Waals surface area contributed by atoms with Gasteiger partial charge in [-0.25, -0.2) is 4.79 Å². The number of ether oxygens (including phenoxy) is 3. The Kier molecular flexibility index (Phi) is 4.93. The van der Waals surface area contributed by atoms with Crippen molar-refractivity contribution in [3.8, 4) is 11.5 Å². The second-order valence-electron chi connectivity index (χ2n) is 5.73. The zero-order valence-electron chi connectivity index (χ0n) is 14.7. The predicted molar refractivity (Wildman–Crippen MR) is 95.9 cm³/mol. The van der Waals surface area contributed by atoms with E-state index in [4.69, 9.17) is 18.6 Å². The van der Waals surface area contributed by atoms with Crippen molar-refractivity contribution in [3.63, 3.8) is 0 Å². The summed E-state index contributed by atoms with van der Waals surface area (Å²) in [6.45, 7) is 1.83. The van der Waals surface area contributed by atoms with Gasteiger partial charge in [-0.15, -0.1) is 0 Å². The highest BCUT2D eigenvalue weighted by Crippen LogP contribution is 2.25. The van der Waals surface area contributed by atoms with Crippen LogP contribution in [0.25, 0.3) is 11.0 Å². The van der Waals surface area contributed by atoms with Crippen LogP contribution < -0.4 is 14.9 Å². The first-order valence-electron chi connectivity index (χ1n) is 7.94. The van der Waals surface area contributed by atoms with Crippen LogP contribution in [0.3, 0.4) is 0 Å². The topological polar surface area (TPSA) is 75.0 Å². The number of esters is 1. The highest BCUT2D eigenvalue weighted by atomic mass is 16.5. The van der Waals surface area contributed by atoms with Gasteiger partial charge in [0, 0.05) is 11.6 Å². The fraction of sp³-hybridized carbons (Fsp3) is 0.200. The Bertz CT molecular complexity index is 1020. The maximum absolute atomic E-state index is 12.3. The molecule has 0 amide bonds. The number of benzene rings is 2. The van der Waals surface area contributed by atoms with Crippen LogP contribution in [0.1, 0.15) is 21.7 Å². The van der Waals surface area contributed by atoms with Crippen LogP contribution in [0.2, 0.25) is 0 Å². The van der Waals surface area contributed by atoms with Crippen molar-refractivity contribution in [1.82, 2.24) is 0 Å². The molecule has 0 spiro atoms. The second kappa shape index (κ2) is 7.31. The monoisotopic (exact) mass is 354 g/mol. The Balaban J connectivity index is 1.84. The maximum Gasteiger partial charge on any atom is 0.374 e. The summed E-state index contributed by atoms with van der Waals surface area (Å²) in [5.74, 6) is 0.307. The van der Waals surface area contributed by atoms with Crippen LogP contribution in [-0.4, -0.2) is 20.2 Å². The van der Waals surface area contributed by atoms with Crippen molar-refractivity contribution in [3.05, 3.63) is 69.6 Å². The van der Waals surface area contributed by atoms with E-state index < -0.39 is 5.97 Å². The fourth-order valence-electron chi connectivity index (χ4n) is 2.58. The lowest BCUT2D eigenvalue weighted by Gasteiger charge is -2.11. The normalized spacial score (nSPS) is 10.6. The van der Waals surface area contributed by atoms with Gasteiger partial charge in [0.15, 0.2) is 5.43 Å². The molecule has 1 heterocycles. The van der Waals surface area contributed by atoms with E-state index in [1.807, 2.05) is 13.0 Å². The molecule has 0 saturated heterocycles. The third-order valence-corrected chi connectivity index (χ3v) is 3.93. The summed E-state index contributed by atoms with van der Waals surface area (Å²) in [6, 6.07) is 11.5. The van der Waals surface area contributed by atoms with E-state index in [1.165, 1.54) is 7.11 Å². The van der Waals surface area contributed by atoms with Gasteiger partial charge in [0.05, 0.1) is 19.6 Å². The molecule has 0 N–H and O–H groups in total. The van der Waals surface area contributed by atoms with Gasteiger partial charge in [-0.1, -0.05) is 11.6 Å². The van der Waals surface area contributed by atoms with Gasteiger partial charge in [-0.2, -0.15) is 0 Å². The van der Waals surface area contributed by atoms with E-state index in [0.29, 0.717) is 28.0 Å². The number of methoxy groups -OCH3 is 2. The summed E-state index contributed by atoms with van der Waals surface area (Å²) in [7, 11) is 3.07. The van der Waals surface area contributed by atoms with Crippen LogP contribution in [0, 0.1) is 6.92 Å². The molecule has 0 radical (unpaired) electrons. The van der Waals surface area contributed by atoms with Crippen LogP contribution in [-0.2, 0) is 11.3 Å². The third-order valence-electron chi connectivity index (χ3n) is 3.93. The molecule has 0 aliphatic rings. The minimum atomic E-state index is -0.727. The first-order chi connectivity index (χ1) is 12.5. The number of fused-ring (bicyclic) bond motifs is 1. The number of hydrogen-bond acceptors (Lipinski definition) is 6. The molecule has 6 nitrogen and oxygen atoms in total. The Morgan fingerprint density at radius 1 is 1.04 bits per heavy atom. The highest BCUT2D eigenvalue weighted by Gasteiger charge is 2.15. The van der Waals surface area contributed by atoms with Crippen LogP contribution in [0.15, 0.2) is 51.7 Å². The minimum absolute atomic E-state index is 0.0468. The summed E-state index contributed by atoms with van der Waals surface area (Å²) in [5.41, 5.74) is 1.62. The van der Waals surface area contributed by atoms with Gasteiger partial charge in [-0.3, -0.25) is 4.79 Å². The molecule has 3 aromatic rings. The van der Waals surface area contributed by atoms with Gasteiger partial charge >= 0.3 is 5.97 Å². The molecule has 0 aliphatic carbocycles. The van der Waals surface area contributed by atoms with Crippen LogP contribution in [0.5, 0.6) is 11.5 Å². The Hall–Kier alpha value is -3.28. The van der Waals surface area contributed by atoms with Crippen LogP contribution >= 0.6 is 0 Å². The average molecular weight is 354 g/mol. The smallest absolute Gasteiger partial charge is 0.374 e. The van der Waals surface area contributed by atoms with Crippen molar-refractivity contribution >= 4 is 16.9 Å². The first-order valence-corrected chi connectivity index (χ1v) is 7.94. The van der Waals surface area contributed by atoms with Gasteiger partial charge < -0.3 is 18.6 Å². The summed E-state index contributed by atoms with van der Waals surface area (Å²) < 4.78 is 21.2. The van der Waals surface area contributed by atoms with E-state index in [-0.39, 0.29) is 17.8 Å². The predicted octanol–water partition coefficient (Wildman–Crippen LogP) is 3.48. The van der Waals surface area contributed by atoms with Gasteiger partial charge in [0.25, 0.3) is 0 Å². The number of hydrogen-bond donors (Lipinski definition) is 0. The average Bonchev–Trinajstić information content (AvgIpc) is 2.66. The zero-order valence-corrected chi connectivity index (χ0v) is 14.7. The van der Waals surface area contributed by atoms with Crippen molar-refractivity contribution in [2.45, 2.75) is 13.5 Å². The summed E-state index contributed by atoms with van der Waals surface area (Å²) in [5, 5.41) is 0.427. The molecule has 0 aliphatic heterocycles. The molecule has 2 aromatic carbocycles. The summed E-state index contributed by atoms with van der Waals surface area (Å²) in [4.78, 5) is 24.5. The number of carbonyl (C=O) groups is 1. The molecular formula is C20H18O6. The van der Waals surface area contributed by atoms with Crippen LogP contribution in [0.4, 0.5) is 0 Å². The van der Waals surface area contributed by atoms with E-state index in [1.54, 1.807) is 37.4 Å². The third kappa shape index (κ3) is 3.54. The Labute approximate surface area is 149 Å². The molecule has 0 saturated carbocycles. The van der Waals surface area contributed by atoms with Crippen molar-refractivity contribution < 1.29 is 23.4 Å². The van der Waals surface area contributed by atoms with Crippen molar-refractivity contribution in [1.29, 1.82) is 0 Å². The minimum Gasteiger partial charge on any atom is -0.497 e. The molecule has 0 bridgehead atoms. The number of carbonyl (C=O) groups excluding carboxylic acids is 1. The Morgan fingerprint density at radius 2 is 1.85 bits per heavy atom. The first kappa shape index (κ1) is 17.5. The summed E-state index contributed by atoms with van der Waals surface area (Å²) in [6.07, 6.45) is 0. The van der Waals surface area contributed by atoms with Gasteiger partial charge in [0.1, 0.15) is 23.7 Å². The largest absolute Gasteiger partial charge is 0.497 e. The lowest BCUT2D eigenvalue weighted by molar-refractivity contribution is 0.0434. The summed E-state index contributed by atoms with van der Waals surface area (Å²) >= 11 is 0. The molecule has 0 unspecified atom stereocenters. The van der Waals surface area contributed by atoms with E-state index in [0.717, 1.165) is 11.6 Å². The molecular weight excluding hydrogens is 336 g/mol. The molecule has 3 rings (SSSR count). The molecule has 6 heteroatoms. The lowest BCUT2D eigenvalue weighted by Crippen LogP contribution is -2.10. The standard InChI is InChI=1S/C20H18O6/c1-12-4-6-18-15(8-12)16(21)10-19(26-18)20(22)25-11-13-9-14(23-2)5-7-17(13)24-3/h4-10H,11H2,1-3H3. The van der Waals surface area contributed by atoms with E-state index in [2.05, 4.69) is 0 Å². The molecule has 134 valence electrons. The van der Waals surface area contributed by atoms with Gasteiger partial charge in [-0.05, 0) is 37.3 Å². The molecule has 0 fully saturated rings. The molecule has 0 atom stereocenters. The van der Waals surface area contributed by atoms with Gasteiger partial charge in [0.2, 0.25) is 5.76 Å². The van der Waals surface area contributed by atoms with Crippen molar-refractivity contribution in [2.24, 2.45) is 0 Å². The number of rotatable bonds is 5. The van der Waals surface area contributed by atoms with E-state index in [9.17, 15) is 9.59 Å². The number of aryl methyl sites for hydroxylation is 1.